The fourth-order valence-electron chi connectivity index (χ4n) is 2.07. The van der Waals surface area contributed by atoms with Gasteiger partial charge in [0.1, 0.15) is 5.15 Å². The van der Waals surface area contributed by atoms with Crippen molar-refractivity contribution in [3.63, 3.8) is 0 Å². The first-order chi connectivity index (χ1) is 11.0. The Balaban J connectivity index is 2.05. The number of nitrogens with zero attached hydrogens (tertiary/aromatic N) is 2. The number of benzene rings is 1. The lowest BCUT2D eigenvalue weighted by molar-refractivity contribution is 0.179. The minimum Gasteiger partial charge on any atom is -0.383 e. The van der Waals surface area contributed by atoms with Crippen molar-refractivity contribution in [2.75, 3.05) is 13.7 Å². The van der Waals surface area contributed by atoms with Gasteiger partial charge in [-0.2, -0.15) is 5.10 Å². The van der Waals surface area contributed by atoms with Crippen LogP contribution >= 0.6 is 23.8 Å². The highest BCUT2D eigenvalue weighted by Crippen LogP contribution is 2.20. The summed E-state index contributed by atoms with van der Waals surface area (Å²) in [6, 6.07) is 8.09. The monoisotopic (exact) mass is 350 g/mol. The van der Waals surface area contributed by atoms with E-state index in [-0.39, 0.29) is 6.04 Å². The number of hydrogen-bond donors (Lipinski definition) is 2. The molecule has 1 heterocycles. The number of rotatable bonds is 5. The van der Waals surface area contributed by atoms with Crippen molar-refractivity contribution in [3.05, 3.63) is 40.5 Å². The van der Waals surface area contributed by atoms with Crippen LogP contribution in [0.1, 0.15) is 18.1 Å². The number of fused-ring (bicyclic) bond motifs is 1. The Morgan fingerprint density at radius 2 is 2.26 bits per heavy atom. The van der Waals surface area contributed by atoms with Crippen LogP contribution in [-0.4, -0.2) is 36.1 Å². The van der Waals surface area contributed by atoms with E-state index in [0.717, 1.165) is 22.0 Å². The number of nitrogens with one attached hydrogen (secondary N) is 2. The predicted molar refractivity (Wildman–Crippen MR) is 99.3 cm³/mol. The summed E-state index contributed by atoms with van der Waals surface area (Å²) in [5, 5.41) is 8.98. The summed E-state index contributed by atoms with van der Waals surface area (Å²) in [7, 11) is 1.64. The standard InChI is InChI=1S/C16H19ClN4OS/c1-10-4-5-12-7-13(15(17)20-14(12)6-10)8-18-21-16(23)19-11(2)9-22-3/h4-8,11H,9H2,1-3H3,(H2,19,21,23)/b18-8-/t11-/m0/s1. The highest BCUT2D eigenvalue weighted by atomic mass is 35.5. The molecule has 2 N–H and O–H groups in total. The van der Waals surface area contributed by atoms with Gasteiger partial charge in [0.25, 0.3) is 0 Å². The van der Waals surface area contributed by atoms with E-state index in [9.17, 15) is 0 Å². The second kappa shape index (κ2) is 8.19. The molecule has 1 aromatic carbocycles. The lowest BCUT2D eigenvalue weighted by atomic mass is 10.1. The van der Waals surface area contributed by atoms with Crippen LogP contribution in [0.25, 0.3) is 10.9 Å². The maximum atomic E-state index is 6.20. The molecule has 7 heteroatoms. The smallest absolute Gasteiger partial charge is 0.187 e. The summed E-state index contributed by atoms with van der Waals surface area (Å²) < 4.78 is 5.03. The normalized spacial score (nSPS) is 12.5. The van der Waals surface area contributed by atoms with Crippen molar-refractivity contribution in [1.29, 1.82) is 0 Å². The second-order valence-electron chi connectivity index (χ2n) is 5.26. The summed E-state index contributed by atoms with van der Waals surface area (Å²) in [5.41, 5.74) is 5.49. The summed E-state index contributed by atoms with van der Waals surface area (Å²) in [5.74, 6) is 0. The van der Waals surface area contributed by atoms with E-state index >= 15 is 0 Å². The van der Waals surface area contributed by atoms with Gasteiger partial charge in [-0.1, -0.05) is 23.7 Å². The third kappa shape index (κ3) is 5.13. The number of hydrazone groups is 1. The van der Waals surface area contributed by atoms with Gasteiger partial charge in [-0.15, -0.1) is 0 Å². The highest BCUT2D eigenvalue weighted by molar-refractivity contribution is 7.80. The topological polar surface area (TPSA) is 58.5 Å². The molecule has 1 aromatic heterocycles. The molecule has 23 heavy (non-hydrogen) atoms. The molecule has 0 aliphatic carbocycles. The molecule has 1 atom stereocenters. The molecule has 2 rings (SSSR count). The first-order valence-electron chi connectivity index (χ1n) is 7.15. The molecule has 2 aromatic rings. The Morgan fingerprint density at radius 3 is 3.00 bits per heavy atom. The first-order valence-corrected chi connectivity index (χ1v) is 7.93. The van der Waals surface area contributed by atoms with Gasteiger partial charge in [-0.3, -0.25) is 5.43 Å². The molecule has 0 bridgehead atoms. The quantitative estimate of drug-likeness (QED) is 0.376. The number of aryl methyl sites for hydroxylation is 1. The van der Waals surface area contributed by atoms with Crippen LogP contribution in [0.2, 0.25) is 5.15 Å². The maximum absolute atomic E-state index is 6.20. The number of ether oxygens (including phenoxy) is 1. The van der Waals surface area contributed by atoms with Crippen molar-refractivity contribution in [2.24, 2.45) is 5.10 Å². The number of aromatic nitrogens is 1. The fourth-order valence-corrected chi connectivity index (χ4v) is 2.52. The highest BCUT2D eigenvalue weighted by Gasteiger charge is 2.04. The van der Waals surface area contributed by atoms with Gasteiger partial charge < -0.3 is 10.1 Å². The Morgan fingerprint density at radius 1 is 1.48 bits per heavy atom. The summed E-state index contributed by atoms with van der Waals surface area (Å²) >= 11 is 11.3. The Kier molecular flexibility index (Phi) is 6.27. The van der Waals surface area contributed by atoms with Crippen molar-refractivity contribution >= 4 is 46.0 Å². The van der Waals surface area contributed by atoms with Gasteiger partial charge in [0.15, 0.2) is 5.11 Å². The third-order valence-corrected chi connectivity index (χ3v) is 3.63. The minimum atomic E-state index is 0.101. The average Bonchev–Trinajstić information content (AvgIpc) is 2.48. The van der Waals surface area contributed by atoms with E-state index in [0.29, 0.717) is 16.9 Å². The zero-order chi connectivity index (χ0) is 16.8. The van der Waals surface area contributed by atoms with Crippen LogP contribution in [-0.2, 0) is 4.74 Å². The van der Waals surface area contributed by atoms with Crippen LogP contribution in [0.5, 0.6) is 0 Å². The van der Waals surface area contributed by atoms with Gasteiger partial charge in [-0.25, -0.2) is 4.98 Å². The van der Waals surface area contributed by atoms with Crippen molar-refractivity contribution in [2.45, 2.75) is 19.9 Å². The zero-order valence-corrected chi connectivity index (χ0v) is 14.8. The van der Waals surface area contributed by atoms with Crippen molar-refractivity contribution < 1.29 is 4.74 Å². The molecule has 0 saturated carbocycles. The molecule has 122 valence electrons. The fraction of sp³-hybridized carbons (Fsp3) is 0.312. The molecular weight excluding hydrogens is 332 g/mol. The van der Waals surface area contributed by atoms with Crippen molar-refractivity contribution in [3.8, 4) is 0 Å². The summed E-state index contributed by atoms with van der Waals surface area (Å²) in [4.78, 5) is 4.39. The SMILES string of the molecule is COC[C@H](C)NC(=S)N/N=C\c1cc2ccc(C)cc2nc1Cl. The zero-order valence-electron chi connectivity index (χ0n) is 13.3. The van der Waals surface area contributed by atoms with Gasteiger partial charge in [-0.05, 0) is 43.8 Å². The largest absolute Gasteiger partial charge is 0.383 e. The lowest BCUT2D eigenvalue weighted by Gasteiger charge is -2.13. The van der Waals surface area contributed by atoms with Crippen LogP contribution in [0.4, 0.5) is 0 Å². The molecule has 0 unspecified atom stereocenters. The van der Waals surface area contributed by atoms with Gasteiger partial charge in [0.2, 0.25) is 0 Å². The molecule has 0 aliphatic heterocycles. The van der Waals surface area contributed by atoms with Crippen LogP contribution in [0, 0.1) is 6.92 Å². The first kappa shape index (κ1) is 17.6. The number of pyridine rings is 1. The molecular formula is C16H19ClN4OS. The number of halogens is 1. The second-order valence-corrected chi connectivity index (χ2v) is 6.03. The average molecular weight is 351 g/mol. The minimum absolute atomic E-state index is 0.101. The summed E-state index contributed by atoms with van der Waals surface area (Å²) in [6.45, 7) is 4.55. The van der Waals surface area contributed by atoms with Gasteiger partial charge in [0.05, 0.1) is 18.3 Å². The van der Waals surface area contributed by atoms with E-state index in [1.807, 2.05) is 38.1 Å². The Bertz CT molecular complexity index is 735. The van der Waals surface area contributed by atoms with Gasteiger partial charge >= 0.3 is 0 Å². The number of thiocarbonyl (C=S) groups is 1. The van der Waals surface area contributed by atoms with Crippen LogP contribution < -0.4 is 10.7 Å². The molecule has 0 saturated heterocycles. The van der Waals surface area contributed by atoms with E-state index in [2.05, 4.69) is 20.8 Å². The number of methoxy groups -OCH3 is 1. The maximum Gasteiger partial charge on any atom is 0.187 e. The van der Waals surface area contributed by atoms with Gasteiger partial charge in [0, 0.05) is 24.1 Å². The van der Waals surface area contributed by atoms with E-state index in [4.69, 9.17) is 28.6 Å². The van der Waals surface area contributed by atoms with E-state index in [1.54, 1.807) is 13.3 Å². The van der Waals surface area contributed by atoms with Crippen LogP contribution in [0.15, 0.2) is 29.4 Å². The lowest BCUT2D eigenvalue weighted by Crippen LogP contribution is -2.40. The number of hydrogen-bond acceptors (Lipinski definition) is 4. The van der Waals surface area contributed by atoms with E-state index in [1.165, 1.54) is 0 Å². The van der Waals surface area contributed by atoms with Crippen LogP contribution in [0.3, 0.4) is 0 Å². The Labute approximate surface area is 146 Å². The molecule has 0 aliphatic rings. The molecule has 0 fully saturated rings. The molecule has 0 radical (unpaired) electrons. The van der Waals surface area contributed by atoms with Crippen molar-refractivity contribution in [1.82, 2.24) is 15.7 Å². The molecule has 0 spiro atoms. The van der Waals surface area contributed by atoms with E-state index < -0.39 is 0 Å². The molecule has 0 amide bonds. The Hall–Kier alpha value is -1.76. The predicted octanol–water partition coefficient (Wildman–Crippen LogP) is 3.03. The molecule has 5 nitrogen and oxygen atoms in total. The summed E-state index contributed by atoms with van der Waals surface area (Å²) in [6.07, 6.45) is 1.60. The third-order valence-electron chi connectivity index (χ3n) is 3.12.